The lowest BCUT2D eigenvalue weighted by molar-refractivity contribution is -0.134. The van der Waals surface area contributed by atoms with E-state index in [2.05, 4.69) is 30.9 Å². The number of imide groups is 1. The lowest BCUT2D eigenvalue weighted by Crippen LogP contribution is -2.37. The van der Waals surface area contributed by atoms with E-state index in [1.54, 1.807) is 30.6 Å². The highest BCUT2D eigenvalue weighted by Gasteiger charge is 2.33. The van der Waals surface area contributed by atoms with Gasteiger partial charge < -0.3 is 10.6 Å². The molecule has 1 aliphatic carbocycles. The van der Waals surface area contributed by atoms with Crippen molar-refractivity contribution in [1.82, 2.24) is 25.6 Å². The molecule has 2 fully saturated rings. The average molecular weight is 561 g/mol. The molecule has 0 unspecified atom stereocenters. The molecule has 1 saturated heterocycles. The number of anilines is 1. The molecule has 0 radical (unpaired) electrons. The Bertz CT molecular complexity index is 1370. The SMILES string of the molecule is O=C1NC(=O)/C(=C\c2ccnc(NC3CCC(NCc4cccnc4-c4ccc(C(F)(F)F)s4)CC3)n2)S1. The van der Waals surface area contributed by atoms with Crippen LogP contribution in [0.4, 0.5) is 23.9 Å². The third kappa shape index (κ3) is 6.40. The normalized spacial score (nSPS) is 21.1. The van der Waals surface area contributed by atoms with Gasteiger partial charge >= 0.3 is 6.18 Å². The number of pyridine rings is 1. The Morgan fingerprint density at radius 1 is 1.03 bits per heavy atom. The van der Waals surface area contributed by atoms with Gasteiger partial charge in [0, 0.05) is 31.0 Å². The van der Waals surface area contributed by atoms with E-state index in [0.717, 1.165) is 49.1 Å². The fourth-order valence-corrected chi connectivity index (χ4v) is 5.95. The molecule has 0 bridgehead atoms. The predicted octanol–water partition coefficient (Wildman–Crippen LogP) is 5.46. The monoisotopic (exact) mass is 560 g/mol. The van der Waals surface area contributed by atoms with E-state index in [-0.39, 0.29) is 12.1 Å². The number of rotatable bonds is 7. The lowest BCUT2D eigenvalue weighted by atomic mass is 9.91. The Morgan fingerprint density at radius 2 is 1.82 bits per heavy atom. The van der Waals surface area contributed by atoms with Gasteiger partial charge in [-0.1, -0.05) is 6.07 Å². The summed E-state index contributed by atoms with van der Waals surface area (Å²) in [5, 5.41) is 8.70. The highest BCUT2D eigenvalue weighted by molar-refractivity contribution is 8.18. The molecular formula is C25H23F3N6O2S2. The zero-order valence-electron chi connectivity index (χ0n) is 19.9. The largest absolute Gasteiger partial charge is 0.425 e. The summed E-state index contributed by atoms with van der Waals surface area (Å²) >= 11 is 1.54. The number of nitrogens with zero attached hydrogens (tertiary/aromatic N) is 3. The molecule has 1 saturated carbocycles. The van der Waals surface area contributed by atoms with Crippen LogP contribution in [0, 0.1) is 0 Å². The number of hydrogen-bond acceptors (Lipinski definition) is 9. The van der Waals surface area contributed by atoms with Gasteiger partial charge in [-0.15, -0.1) is 11.3 Å². The summed E-state index contributed by atoms with van der Waals surface area (Å²) in [6.07, 6.45) is 3.99. The van der Waals surface area contributed by atoms with Gasteiger partial charge in [-0.05, 0) is 73.4 Å². The van der Waals surface area contributed by atoms with Crippen molar-refractivity contribution in [3.05, 3.63) is 63.8 Å². The first-order valence-corrected chi connectivity index (χ1v) is 13.6. The van der Waals surface area contributed by atoms with Crippen molar-refractivity contribution < 1.29 is 22.8 Å². The van der Waals surface area contributed by atoms with E-state index in [4.69, 9.17) is 0 Å². The average Bonchev–Trinajstić information content (AvgIpc) is 3.51. The van der Waals surface area contributed by atoms with Crippen LogP contribution >= 0.6 is 23.1 Å². The quantitative estimate of drug-likeness (QED) is 0.327. The molecule has 3 aromatic rings. The van der Waals surface area contributed by atoms with Gasteiger partial charge in [0.05, 0.1) is 21.2 Å². The van der Waals surface area contributed by atoms with Crippen LogP contribution in [0.1, 0.15) is 41.8 Å². The molecule has 198 valence electrons. The van der Waals surface area contributed by atoms with Crippen molar-refractivity contribution in [2.75, 3.05) is 5.32 Å². The van der Waals surface area contributed by atoms with Crippen LogP contribution in [0.5, 0.6) is 0 Å². The van der Waals surface area contributed by atoms with Gasteiger partial charge in [0.1, 0.15) is 4.88 Å². The number of halogens is 3. The molecule has 0 atom stereocenters. The molecule has 2 amide bonds. The zero-order chi connectivity index (χ0) is 26.7. The number of carbonyl (C=O) groups is 2. The number of hydrogen-bond donors (Lipinski definition) is 3. The maximum absolute atomic E-state index is 13.0. The zero-order valence-corrected chi connectivity index (χ0v) is 21.6. The van der Waals surface area contributed by atoms with Gasteiger partial charge in [-0.3, -0.25) is 19.9 Å². The highest BCUT2D eigenvalue weighted by atomic mass is 32.2. The molecule has 4 heterocycles. The minimum atomic E-state index is -4.36. The van der Waals surface area contributed by atoms with Crippen LogP contribution in [0.3, 0.4) is 0 Å². The molecule has 38 heavy (non-hydrogen) atoms. The molecule has 0 aromatic carbocycles. The molecule has 8 nitrogen and oxygen atoms in total. The highest BCUT2D eigenvalue weighted by Crippen LogP contribution is 2.38. The van der Waals surface area contributed by atoms with Crippen molar-refractivity contribution in [1.29, 1.82) is 0 Å². The molecule has 3 aromatic heterocycles. The Morgan fingerprint density at radius 3 is 2.53 bits per heavy atom. The topological polar surface area (TPSA) is 109 Å². The van der Waals surface area contributed by atoms with Crippen molar-refractivity contribution in [2.24, 2.45) is 0 Å². The van der Waals surface area contributed by atoms with Crippen LogP contribution in [-0.4, -0.2) is 38.2 Å². The van der Waals surface area contributed by atoms with Crippen LogP contribution in [0.2, 0.25) is 0 Å². The summed E-state index contributed by atoms with van der Waals surface area (Å²) in [6, 6.07) is 8.37. The fourth-order valence-electron chi connectivity index (χ4n) is 4.38. The number of aromatic nitrogens is 3. The maximum atomic E-state index is 13.0. The van der Waals surface area contributed by atoms with Crippen LogP contribution in [-0.2, 0) is 17.5 Å². The van der Waals surface area contributed by atoms with E-state index in [1.165, 1.54) is 6.07 Å². The van der Waals surface area contributed by atoms with E-state index in [1.807, 2.05) is 6.07 Å². The molecule has 0 spiro atoms. The lowest BCUT2D eigenvalue weighted by Gasteiger charge is -2.30. The maximum Gasteiger partial charge on any atom is 0.425 e. The van der Waals surface area contributed by atoms with Gasteiger partial charge in [-0.2, -0.15) is 13.2 Å². The van der Waals surface area contributed by atoms with Gasteiger partial charge in [-0.25, -0.2) is 9.97 Å². The first-order valence-electron chi connectivity index (χ1n) is 11.9. The summed E-state index contributed by atoms with van der Waals surface area (Å²) in [4.78, 5) is 36.3. The van der Waals surface area contributed by atoms with E-state index >= 15 is 0 Å². The predicted molar refractivity (Wildman–Crippen MR) is 140 cm³/mol. The second-order valence-electron chi connectivity index (χ2n) is 8.90. The summed E-state index contributed by atoms with van der Waals surface area (Å²) < 4.78 is 39.1. The molecule has 5 rings (SSSR count). The van der Waals surface area contributed by atoms with E-state index in [9.17, 15) is 22.8 Å². The minimum Gasteiger partial charge on any atom is -0.351 e. The molecule has 1 aliphatic heterocycles. The standard InChI is InChI=1S/C25H23F3N6O2S2/c26-25(27,28)20-8-7-18(37-20)21-14(2-1-10-29-21)13-31-15-3-5-16(6-4-15)32-23-30-11-9-17(33-23)12-19-22(35)34-24(36)38-19/h1-2,7-12,15-16,31H,3-6,13H2,(H,30,32,33)(H,34,35,36)/b19-12+. The summed E-state index contributed by atoms with van der Waals surface area (Å²) in [5.41, 5.74) is 1.96. The number of nitrogens with one attached hydrogen (secondary N) is 3. The molecule has 2 aliphatic rings. The second kappa shape index (κ2) is 11.2. The molecule has 13 heteroatoms. The Labute approximate surface area is 224 Å². The molecule has 3 N–H and O–H groups in total. The fraction of sp³-hybridized carbons (Fsp3) is 0.320. The van der Waals surface area contributed by atoms with Crippen molar-refractivity contribution in [2.45, 2.75) is 50.5 Å². The number of alkyl halides is 3. The van der Waals surface area contributed by atoms with Gasteiger partial charge in [0.15, 0.2) is 0 Å². The van der Waals surface area contributed by atoms with E-state index in [0.29, 0.717) is 45.0 Å². The summed E-state index contributed by atoms with van der Waals surface area (Å²) in [7, 11) is 0. The Kier molecular flexibility index (Phi) is 7.77. The number of amides is 2. The van der Waals surface area contributed by atoms with Crippen LogP contribution in [0.25, 0.3) is 16.6 Å². The molecular weight excluding hydrogens is 537 g/mol. The van der Waals surface area contributed by atoms with Crippen molar-refractivity contribution in [3.8, 4) is 10.6 Å². The first-order chi connectivity index (χ1) is 18.2. The number of carbonyl (C=O) groups excluding carboxylic acids is 2. The van der Waals surface area contributed by atoms with E-state index < -0.39 is 22.2 Å². The second-order valence-corrected chi connectivity index (χ2v) is 11.0. The number of thiophene rings is 1. The van der Waals surface area contributed by atoms with Gasteiger partial charge in [0.2, 0.25) is 5.95 Å². The Balaban J connectivity index is 1.14. The van der Waals surface area contributed by atoms with Crippen LogP contribution < -0.4 is 16.0 Å². The summed E-state index contributed by atoms with van der Waals surface area (Å²) in [5.74, 6) is 0.0264. The smallest absolute Gasteiger partial charge is 0.351 e. The third-order valence-corrected chi connectivity index (χ3v) is 8.20. The Hall–Kier alpha value is -3.29. The van der Waals surface area contributed by atoms with Crippen LogP contribution in [0.15, 0.2) is 47.6 Å². The minimum absolute atomic E-state index is 0.183. The first kappa shape index (κ1) is 26.3. The van der Waals surface area contributed by atoms with Gasteiger partial charge in [0.25, 0.3) is 11.1 Å². The third-order valence-electron chi connectivity index (χ3n) is 6.25. The van der Waals surface area contributed by atoms with Crippen molar-refractivity contribution >= 4 is 46.3 Å². The van der Waals surface area contributed by atoms with Crippen molar-refractivity contribution in [3.63, 3.8) is 0 Å². The summed E-state index contributed by atoms with van der Waals surface area (Å²) in [6.45, 7) is 0.513. The number of thioether (sulfide) groups is 1.